The van der Waals surface area contributed by atoms with E-state index in [9.17, 15) is 9.59 Å². The van der Waals surface area contributed by atoms with E-state index in [1.54, 1.807) is 38.1 Å². The quantitative estimate of drug-likeness (QED) is 0.832. The van der Waals surface area contributed by atoms with Crippen LogP contribution in [0.3, 0.4) is 0 Å². The molecule has 22 heavy (non-hydrogen) atoms. The van der Waals surface area contributed by atoms with E-state index in [-0.39, 0.29) is 12.6 Å². The number of ether oxygens (including phenoxy) is 1. The van der Waals surface area contributed by atoms with Crippen molar-refractivity contribution in [2.75, 3.05) is 6.54 Å². The molecule has 1 amide bonds. The number of aliphatic carboxylic acids is 1. The molecule has 0 aliphatic rings. The molecule has 2 atom stereocenters. The number of amides is 1. The van der Waals surface area contributed by atoms with Gasteiger partial charge in [0.1, 0.15) is 18.4 Å². The highest BCUT2D eigenvalue weighted by Crippen LogP contribution is 2.19. The van der Waals surface area contributed by atoms with Gasteiger partial charge in [0.05, 0.1) is 5.56 Å². The van der Waals surface area contributed by atoms with Crippen LogP contribution >= 0.6 is 0 Å². The Hall–Kier alpha value is -2.55. The minimum Gasteiger partial charge on any atom is -0.480 e. The largest absolute Gasteiger partial charge is 0.480 e. The minimum atomic E-state index is -1.07. The molecule has 0 saturated heterocycles. The van der Waals surface area contributed by atoms with Gasteiger partial charge in [0, 0.05) is 6.04 Å². The van der Waals surface area contributed by atoms with E-state index in [0.717, 1.165) is 0 Å². The van der Waals surface area contributed by atoms with Crippen LogP contribution in [0.1, 0.15) is 32.8 Å². The van der Waals surface area contributed by atoms with Crippen molar-refractivity contribution < 1.29 is 19.4 Å². The lowest BCUT2D eigenvalue weighted by molar-refractivity contribution is -0.149. The monoisotopic (exact) mass is 304 g/mol. The number of nitriles is 1. The average Bonchev–Trinajstić information content (AvgIpc) is 2.51. The summed E-state index contributed by atoms with van der Waals surface area (Å²) in [4.78, 5) is 24.7. The SMILES string of the molecule is CCC(C)N(CC(=O)O)C(=O)C(C)Oc1ccccc1C#N. The van der Waals surface area contributed by atoms with Gasteiger partial charge in [-0.05, 0) is 32.4 Å². The number of benzene rings is 1. The Bertz CT molecular complexity index is 580. The Morgan fingerprint density at radius 1 is 1.36 bits per heavy atom. The van der Waals surface area contributed by atoms with Gasteiger partial charge < -0.3 is 14.7 Å². The fraction of sp³-hybridized carbons (Fsp3) is 0.438. The third-order valence-electron chi connectivity index (χ3n) is 3.37. The smallest absolute Gasteiger partial charge is 0.323 e. The van der Waals surface area contributed by atoms with Gasteiger partial charge in [0.15, 0.2) is 6.10 Å². The van der Waals surface area contributed by atoms with Crippen LogP contribution in [0.15, 0.2) is 24.3 Å². The maximum absolute atomic E-state index is 12.4. The van der Waals surface area contributed by atoms with Gasteiger partial charge in [-0.1, -0.05) is 19.1 Å². The van der Waals surface area contributed by atoms with Gasteiger partial charge in [-0.15, -0.1) is 0 Å². The lowest BCUT2D eigenvalue weighted by Crippen LogP contribution is -2.47. The van der Waals surface area contributed by atoms with Crippen LogP contribution in [0.2, 0.25) is 0 Å². The first kappa shape index (κ1) is 17.5. The van der Waals surface area contributed by atoms with E-state index in [1.807, 2.05) is 13.0 Å². The topological polar surface area (TPSA) is 90.6 Å². The predicted molar refractivity (Wildman–Crippen MR) is 80.3 cm³/mol. The van der Waals surface area contributed by atoms with Crippen molar-refractivity contribution in [1.29, 1.82) is 5.26 Å². The normalized spacial score (nSPS) is 12.8. The second-order valence-electron chi connectivity index (χ2n) is 4.99. The number of carboxylic acids is 1. The van der Waals surface area contributed by atoms with Gasteiger partial charge in [-0.25, -0.2) is 0 Å². The van der Waals surface area contributed by atoms with Gasteiger partial charge in [-0.3, -0.25) is 9.59 Å². The summed E-state index contributed by atoms with van der Waals surface area (Å²) < 4.78 is 5.55. The van der Waals surface area contributed by atoms with Gasteiger partial charge in [0.2, 0.25) is 0 Å². The molecule has 1 aromatic carbocycles. The Balaban J connectivity index is 2.90. The summed E-state index contributed by atoms with van der Waals surface area (Å²) in [6.07, 6.45) is -0.233. The summed E-state index contributed by atoms with van der Waals surface area (Å²) in [5.74, 6) is -1.17. The molecule has 6 heteroatoms. The van der Waals surface area contributed by atoms with Crippen LogP contribution in [-0.2, 0) is 9.59 Å². The third kappa shape index (κ3) is 4.48. The predicted octanol–water partition coefficient (Wildman–Crippen LogP) is 2.04. The molecule has 0 heterocycles. The van der Waals surface area contributed by atoms with E-state index < -0.39 is 18.0 Å². The first-order valence-electron chi connectivity index (χ1n) is 7.08. The summed E-state index contributed by atoms with van der Waals surface area (Å²) in [6.45, 7) is 4.84. The van der Waals surface area contributed by atoms with Crippen molar-refractivity contribution in [2.24, 2.45) is 0 Å². The van der Waals surface area contributed by atoms with Crippen molar-refractivity contribution >= 4 is 11.9 Å². The average molecular weight is 304 g/mol. The molecule has 0 aromatic heterocycles. The van der Waals surface area contributed by atoms with E-state index in [0.29, 0.717) is 17.7 Å². The van der Waals surface area contributed by atoms with Crippen molar-refractivity contribution in [2.45, 2.75) is 39.3 Å². The molecule has 0 aliphatic heterocycles. The molecule has 1 N–H and O–H groups in total. The second-order valence-corrected chi connectivity index (χ2v) is 4.99. The van der Waals surface area contributed by atoms with Gasteiger partial charge in [0.25, 0.3) is 5.91 Å². The molecule has 0 fully saturated rings. The Morgan fingerprint density at radius 3 is 2.55 bits per heavy atom. The molecule has 0 bridgehead atoms. The number of nitrogens with zero attached hydrogens (tertiary/aromatic N) is 2. The van der Waals surface area contributed by atoms with E-state index in [1.165, 1.54) is 4.90 Å². The number of hydrogen-bond acceptors (Lipinski definition) is 4. The number of rotatable bonds is 7. The lowest BCUT2D eigenvalue weighted by atomic mass is 10.2. The van der Waals surface area contributed by atoms with Crippen LogP contribution in [0.25, 0.3) is 0 Å². The standard InChI is InChI=1S/C16H20N2O4/c1-4-11(2)18(10-15(19)20)16(21)12(3)22-14-8-6-5-7-13(14)9-17/h5-8,11-12H,4,10H2,1-3H3,(H,19,20). The van der Waals surface area contributed by atoms with E-state index in [2.05, 4.69) is 0 Å². The van der Waals surface area contributed by atoms with Crippen LogP contribution in [-0.4, -0.2) is 40.6 Å². The first-order chi connectivity index (χ1) is 10.4. The Morgan fingerprint density at radius 2 is 2.00 bits per heavy atom. The number of para-hydroxylation sites is 1. The van der Waals surface area contributed by atoms with Crippen molar-refractivity contribution in [3.8, 4) is 11.8 Å². The molecule has 6 nitrogen and oxygen atoms in total. The maximum atomic E-state index is 12.4. The van der Waals surface area contributed by atoms with Crippen LogP contribution in [0.5, 0.6) is 5.75 Å². The Kier molecular flexibility index (Phi) is 6.39. The molecule has 1 aromatic rings. The second kappa shape index (κ2) is 8.03. The molecule has 0 saturated carbocycles. The van der Waals surface area contributed by atoms with E-state index in [4.69, 9.17) is 15.1 Å². The molecule has 1 rings (SSSR count). The number of carboxylic acid groups (broad SMARTS) is 1. The molecule has 0 aliphatic carbocycles. The van der Waals surface area contributed by atoms with Crippen molar-refractivity contribution in [3.05, 3.63) is 29.8 Å². The zero-order chi connectivity index (χ0) is 16.7. The molecule has 2 unspecified atom stereocenters. The van der Waals surface area contributed by atoms with Crippen LogP contribution in [0, 0.1) is 11.3 Å². The van der Waals surface area contributed by atoms with Gasteiger partial charge >= 0.3 is 5.97 Å². The number of carbonyl (C=O) groups excluding carboxylic acids is 1. The van der Waals surface area contributed by atoms with Crippen molar-refractivity contribution in [1.82, 2.24) is 4.90 Å². The summed E-state index contributed by atoms with van der Waals surface area (Å²) in [5, 5.41) is 18.0. The summed E-state index contributed by atoms with van der Waals surface area (Å²) in [5.41, 5.74) is 0.329. The summed E-state index contributed by atoms with van der Waals surface area (Å²) >= 11 is 0. The first-order valence-corrected chi connectivity index (χ1v) is 7.08. The zero-order valence-corrected chi connectivity index (χ0v) is 12.9. The highest BCUT2D eigenvalue weighted by Gasteiger charge is 2.27. The molecular formula is C16H20N2O4. The fourth-order valence-corrected chi connectivity index (χ4v) is 1.95. The molecular weight excluding hydrogens is 284 g/mol. The molecule has 0 radical (unpaired) electrons. The molecule has 0 spiro atoms. The van der Waals surface area contributed by atoms with Crippen LogP contribution < -0.4 is 4.74 Å². The highest BCUT2D eigenvalue weighted by atomic mass is 16.5. The third-order valence-corrected chi connectivity index (χ3v) is 3.37. The highest BCUT2D eigenvalue weighted by molar-refractivity contribution is 5.85. The van der Waals surface area contributed by atoms with Crippen LogP contribution in [0.4, 0.5) is 0 Å². The summed E-state index contributed by atoms with van der Waals surface area (Å²) in [7, 11) is 0. The maximum Gasteiger partial charge on any atom is 0.323 e. The van der Waals surface area contributed by atoms with Crippen molar-refractivity contribution in [3.63, 3.8) is 0 Å². The van der Waals surface area contributed by atoms with E-state index >= 15 is 0 Å². The van der Waals surface area contributed by atoms with Gasteiger partial charge in [-0.2, -0.15) is 5.26 Å². The molecule has 118 valence electrons. The Labute approximate surface area is 129 Å². The lowest BCUT2D eigenvalue weighted by Gasteiger charge is -2.29. The zero-order valence-electron chi connectivity index (χ0n) is 12.9. The minimum absolute atomic E-state index is 0.208. The number of hydrogen-bond donors (Lipinski definition) is 1. The number of carbonyl (C=O) groups is 2. The fourth-order valence-electron chi connectivity index (χ4n) is 1.95. The summed E-state index contributed by atoms with van der Waals surface area (Å²) in [6, 6.07) is 8.39.